The molecule has 0 saturated heterocycles. The maximum absolute atomic E-state index is 14.7. The molecule has 0 radical (unpaired) electrons. The zero-order chi connectivity index (χ0) is 41.8. The van der Waals surface area contributed by atoms with Crippen molar-refractivity contribution in [2.24, 2.45) is 20.2 Å². The third-order valence-electron chi connectivity index (χ3n) is 8.74. The Bertz CT molecular complexity index is 1150. The maximum Gasteiger partial charge on any atom is 0.637 e. The number of aliphatic imine (C=N–C) groups is 2. The predicted octanol–water partition coefficient (Wildman–Crippen LogP) is 7.52. The summed E-state index contributed by atoms with van der Waals surface area (Å²) in [5.41, 5.74) is -2.02. The number of urea groups is 2. The normalized spacial score (nSPS) is 15.6. The van der Waals surface area contributed by atoms with E-state index in [1.165, 1.54) is 0 Å². The summed E-state index contributed by atoms with van der Waals surface area (Å²) in [6, 6.07) is -0.552. The van der Waals surface area contributed by atoms with Crippen LogP contribution < -0.4 is 0 Å². The molecule has 0 aromatic heterocycles. The minimum absolute atomic E-state index is 0.276. The van der Waals surface area contributed by atoms with E-state index in [0.717, 1.165) is 38.5 Å². The third kappa shape index (κ3) is 13.1. The Morgan fingerprint density at radius 1 is 0.536 bits per heavy atom. The Labute approximate surface area is 340 Å². The topological polar surface area (TPSA) is 152 Å². The van der Waals surface area contributed by atoms with Gasteiger partial charge < -0.3 is 26.6 Å². The van der Waals surface area contributed by atoms with Gasteiger partial charge in [-0.3, -0.25) is 28.9 Å². The molecule has 16 nitrogen and oxygen atoms in total. The van der Waals surface area contributed by atoms with Gasteiger partial charge in [-0.25, -0.2) is 9.59 Å². The van der Waals surface area contributed by atoms with E-state index in [2.05, 4.69) is 0 Å². The number of amides is 4. The van der Waals surface area contributed by atoms with Gasteiger partial charge in [0.1, 0.15) is 22.7 Å². The van der Waals surface area contributed by atoms with Crippen molar-refractivity contribution in [3.63, 3.8) is 0 Å². The molecule has 2 aliphatic rings. The molecule has 4 amide bonds. The van der Waals surface area contributed by atoms with E-state index in [4.69, 9.17) is 46.8 Å². The van der Waals surface area contributed by atoms with Crippen molar-refractivity contribution in [2.75, 3.05) is 78.9 Å². The minimum atomic E-state index is -3.61. The number of nitrogens with zero attached hydrogens (tertiary/aromatic N) is 8. The smallest absolute Gasteiger partial charge is 0.356 e. The number of azo groups is 1. The summed E-state index contributed by atoms with van der Waals surface area (Å²) in [7, 11) is -7.23. The van der Waals surface area contributed by atoms with Gasteiger partial charge in [0.15, 0.2) is 0 Å². The molecular formula is C38H76N8O8Si2. The minimum Gasteiger partial charge on any atom is -0.356 e. The predicted molar refractivity (Wildman–Crippen MR) is 225 cm³/mol. The van der Waals surface area contributed by atoms with E-state index >= 15 is 0 Å². The molecule has 0 unspecified atom stereocenters. The van der Waals surface area contributed by atoms with E-state index in [0.29, 0.717) is 103 Å². The summed E-state index contributed by atoms with van der Waals surface area (Å²) in [5, 5.41) is 9.70. The quantitative estimate of drug-likeness (QED) is 0.0581. The Morgan fingerprint density at radius 2 is 0.804 bits per heavy atom. The summed E-state index contributed by atoms with van der Waals surface area (Å²) in [6.07, 6.45) is 5.92. The lowest BCUT2D eigenvalue weighted by Gasteiger charge is -2.41. The Morgan fingerprint density at radius 3 is 1.04 bits per heavy atom. The number of hydrogen-bond donors (Lipinski definition) is 0. The molecule has 2 rings (SSSR count). The average Bonchev–Trinajstić information content (AvgIpc) is 3.90. The fourth-order valence-corrected chi connectivity index (χ4v) is 12.1. The first-order chi connectivity index (χ1) is 26.7. The van der Waals surface area contributed by atoms with Crippen LogP contribution in [0, 0.1) is 0 Å². The molecule has 0 aliphatic carbocycles. The van der Waals surface area contributed by atoms with E-state index in [1.54, 1.807) is 18.9 Å². The second-order valence-electron chi connectivity index (χ2n) is 15.0. The third-order valence-corrected chi connectivity index (χ3v) is 14.3. The first-order valence-corrected chi connectivity index (χ1v) is 24.6. The van der Waals surface area contributed by atoms with Gasteiger partial charge in [-0.15, -0.1) is 0 Å². The summed E-state index contributed by atoms with van der Waals surface area (Å²) >= 11 is 0. The largest absolute Gasteiger partial charge is 0.637 e. The molecule has 0 bridgehead atoms. The van der Waals surface area contributed by atoms with Crippen molar-refractivity contribution in [1.29, 1.82) is 0 Å². The van der Waals surface area contributed by atoms with Crippen LogP contribution in [-0.2, 0) is 26.6 Å². The second kappa shape index (κ2) is 24.6. The van der Waals surface area contributed by atoms with E-state index in [1.807, 2.05) is 83.1 Å². The Hall–Kier alpha value is -2.33. The fraction of sp³-hybridized carbons (Fsp3) is 0.895. The number of carbonyl (C=O) groups is 2. The van der Waals surface area contributed by atoms with Crippen LogP contribution >= 0.6 is 0 Å². The van der Waals surface area contributed by atoms with Crippen LogP contribution in [0.4, 0.5) is 9.59 Å². The molecule has 56 heavy (non-hydrogen) atoms. The van der Waals surface area contributed by atoms with Gasteiger partial charge in [-0.1, -0.05) is 55.4 Å². The highest BCUT2D eigenvalue weighted by Gasteiger charge is 2.56. The first-order valence-electron chi connectivity index (χ1n) is 21.3. The van der Waals surface area contributed by atoms with Crippen molar-refractivity contribution in [2.45, 2.75) is 146 Å². The fourth-order valence-electron chi connectivity index (χ4n) is 6.20. The second-order valence-corrected chi connectivity index (χ2v) is 19.9. The van der Waals surface area contributed by atoms with Gasteiger partial charge in [-0.2, -0.15) is 10.2 Å². The van der Waals surface area contributed by atoms with E-state index in [9.17, 15) is 9.59 Å². The molecule has 0 N–H and O–H groups in total. The summed E-state index contributed by atoms with van der Waals surface area (Å²) in [5.74, 6) is 0.987. The van der Waals surface area contributed by atoms with Crippen molar-refractivity contribution in [1.82, 2.24) is 18.9 Å². The summed E-state index contributed by atoms with van der Waals surface area (Å²) in [4.78, 5) is 42.2. The Kier molecular flexibility index (Phi) is 21.8. The van der Waals surface area contributed by atoms with Crippen LogP contribution in [0.5, 0.6) is 0 Å². The highest BCUT2D eigenvalue weighted by molar-refractivity contribution is 6.61. The van der Waals surface area contributed by atoms with Crippen LogP contribution in [0.1, 0.15) is 134 Å². The lowest BCUT2D eigenvalue weighted by molar-refractivity contribution is 0.0142. The SMILES string of the molecule is CCCO[Si](OCCC)(OCCC)N(CCC)C(=O)N1CCN=C1C(C)(C)/N=N/C(C)(C)C1=NCCN1C(=O)N(CCC)[Si](OCCC)(OCCC)OCCC. The van der Waals surface area contributed by atoms with Crippen LogP contribution in [0.25, 0.3) is 0 Å². The highest BCUT2D eigenvalue weighted by atomic mass is 28.4. The first kappa shape index (κ1) is 49.8. The van der Waals surface area contributed by atoms with Crippen LogP contribution in [0.15, 0.2) is 20.2 Å². The number of amidine groups is 2. The molecule has 0 saturated carbocycles. The monoisotopic (exact) mass is 829 g/mol. The van der Waals surface area contributed by atoms with E-state index in [-0.39, 0.29) is 12.1 Å². The van der Waals surface area contributed by atoms with Crippen molar-refractivity contribution in [3.8, 4) is 0 Å². The van der Waals surface area contributed by atoms with Crippen molar-refractivity contribution in [3.05, 3.63) is 0 Å². The number of hydrogen-bond acceptors (Lipinski definition) is 12. The van der Waals surface area contributed by atoms with Crippen molar-refractivity contribution < 1.29 is 36.1 Å². The van der Waals surface area contributed by atoms with Gasteiger partial charge in [0, 0.05) is 65.8 Å². The van der Waals surface area contributed by atoms with Crippen LogP contribution in [0.3, 0.4) is 0 Å². The number of carbonyl (C=O) groups excluding carboxylic acids is 2. The molecule has 2 heterocycles. The van der Waals surface area contributed by atoms with Crippen LogP contribution in [-0.4, -0.2) is 151 Å². The lowest BCUT2D eigenvalue weighted by atomic mass is 10.0. The average molecular weight is 829 g/mol. The van der Waals surface area contributed by atoms with Crippen LogP contribution in [0.2, 0.25) is 0 Å². The van der Waals surface area contributed by atoms with Crippen molar-refractivity contribution >= 4 is 41.7 Å². The van der Waals surface area contributed by atoms with Gasteiger partial charge in [0.05, 0.1) is 13.1 Å². The molecule has 2 aliphatic heterocycles. The molecule has 0 aromatic rings. The van der Waals surface area contributed by atoms with E-state index < -0.39 is 29.0 Å². The summed E-state index contributed by atoms with van der Waals surface area (Å²) in [6.45, 7) is 28.7. The zero-order valence-corrected chi connectivity index (χ0v) is 39.0. The molecular weight excluding hydrogens is 753 g/mol. The highest BCUT2D eigenvalue weighted by Crippen LogP contribution is 2.29. The molecule has 0 aromatic carbocycles. The number of rotatable bonds is 28. The van der Waals surface area contributed by atoms with Gasteiger partial charge in [0.2, 0.25) is 0 Å². The molecule has 324 valence electrons. The molecule has 18 heteroatoms. The molecule has 0 spiro atoms. The van der Waals surface area contributed by atoms with Gasteiger partial charge in [-0.05, 0) is 79.1 Å². The van der Waals surface area contributed by atoms with Gasteiger partial charge in [0.25, 0.3) is 0 Å². The summed E-state index contributed by atoms with van der Waals surface area (Å²) < 4.78 is 41.8. The van der Waals surface area contributed by atoms with Gasteiger partial charge >= 0.3 is 30.0 Å². The zero-order valence-electron chi connectivity index (χ0n) is 37.0. The lowest BCUT2D eigenvalue weighted by Crippen LogP contribution is -2.67. The molecule has 0 fully saturated rings. The Balaban J connectivity index is 2.48. The molecule has 0 atom stereocenters. The standard InChI is InChI=1S/C38H76N8O8Si2/c1-13-23-45(55(49-27-15-3,50-28-16-4)51-29-17-5)35(47)43-25-21-39-33(43)37(9,10)41-42-38(11,12)34-40-22-26-44(34)36(48)46(24-14-2)56(52-30-18-6,53-31-19-7)54-32-20-8/h13-32H2,1-12H3/b42-41+. The maximum atomic E-state index is 14.7.